The van der Waals surface area contributed by atoms with Crippen LogP contribution in [0.25, 0.3) is 0 Å². The second-order valence-corrected chi connectivity index (χ2v) is 8.93. The molecule has 0 saturated carbocycles. The summed E-state index contributed by atoms with van der Waals surface area (Å²) in [5, 5.41) is 3.72. The van der Waals surface area contributed by atoms with Crippen LogP contribution in [-0.4, -0.2) is 41.1 Å². The summed E-state index contributed by atoms with van der Waals surface area (Å²) in [5.74, 6) is 0.882. The molecule has 1 aromatic carbocycles. The van der Waals surface area contributed by atoms with Gasteiger partial charge in [-0.05, 0) is 71.2 Å². The molecule has 2 rings (SSSR count). The maximum absolute atomic E-state index is 13.3. The molecule has 1 aliphatic rings. The molecule has 1 amide bonds. The molecule has 4 nitrogen and oxygen atoms in total. The molecule has 0 aliphatic carbocycles. The topological polar surface area (TPSA) is 41.6 Å². The molecule has 0 radical (unpaired) electrons. The summed E-state index contributed by atoms with van der Waals surface area (Å²) < 4.78 is 5.53. The van der Waals surface area contributed by atoms with E-state index in [-0.39, 0.29) is 23.0 Å². The zero-order valence-corrected chi connectivity index (χ0v) is 17.7. The lowest BCUT2D eigenvalue weighted by molar-refractivity contribution is 0.0441. The molecule has 0 spiro atoms. The van der Waals surface area contributed by atoms with Crippen LogP contribution in [0.4, 0.5) is 0 Å². The van der Waals surface area contributed by atoms with Gasteiger partial charge in [0.2, 0.25) is 0 Å². The smallest absolute Gasteiger partial charge is 0.254 e. The maximum atomic E-state index is 13.3. The van der Waals surface area contributed by atoms with Gasteiger partial charge in [-0.3, -0.25) is 4.79 Å². The number of nitrogens with one attached hydrogen (secondary N) is 1. The number of hydrogen-bond acceptors (Lipinski definition) is 3. The Morgan fingerprint density at radius 1 is 1.22 bits per heavy atom. The van der Waals surface area contributed by atoms with E-state index in [2.05, 4.69) is 51.4 Å². The number of piperidine rings is 1. The fourth-order valence-electron chi connectivity index (χ4n) is 4.28. The highest BCUT2D eigenvalue weighted by molar-refractivity contribution is 5.94. The van der Waals surface area contributed by atoms with E-state index < -0.39 is 0 Å². The molecule has 0 atom stereocenters. The minimum absolute atomic E-state index is 0.0134. The molecule has 1 saturated heterocycles. The summed E-state index contributed by atoms with van der Waals surface area (Å²) in [6.45, 7) is 16.0. The van der Waals surface area contributed by atoms with E-state index >= 15 is 0 Å². The molecule has 1 N–H and O–H groups in total. The lowest BCUT2D eigenvalue weighted by atomic mass is 9.78. The van der Waals surface area contributed by atoms with E-state index in [0.717, 1.165) is 43.5 Å². The van der Waals surface area contributed by atoms with Crippen molar-refractivity contribution in [2.45, 2.75) is 77.4 Å². The van der Waals surface area contributed by atoms with Gasteiger partial charge in [0.25, 0.3) is 5.91 Å². The summed E-state index contributed by atoms with van der Waals surface area (Å²) in [6.07, 6.45) is 5.75. The second kappa shape index (κ2) is 8.92. The third-order valence-corrected chi connectivity index (χ3v) is 5.09. The van der Waals surface area contributed by atoms with E-state index in [1.807, 2.05) is 24.3 Å². The first-order valence-corrected chi connectivity index (χ1v) is 10.1. The number of ether oxygens (including phenoxy) is 1. The first kappa shape index (κ1) is 21.5. The summed E-state index contributed by atoms with van der Waals surface area (Å²) in [5.41, 5.74) is 0.755. The van der Waals surface area contributed by atoms with Gasteiger partial charge in [0.05, 0.1) is 0 Å². The Hall–Kier alpha value is -1.81. The van der Waals surface area contributed by atoms with E-state index in [4.69, 9.17) is 4.74 Å². The maximum Gasteiger partial charge on any atom is 0.254 e. The van der Waals surface area contributed by atoms with Crippen molar-refractivity contribution in [3.05, 3.63) is 42.5 Å². The third kappa shape index (κ3) is 6.10. The lowest BCUT2D eigenvalue weighted by Gasteiger charge is -2.49. The monoisotopic (exact) mass is 372 g/mol. The Kier molecular flexibility index (Phi) is 7.10. The van der Waals surface area contributed by atoms with Gasteiger partial charge in [-0.2, -0.15) is 0 Å². The minimum atomic E-state index is 0.0134. The number of benzene rings is 1. The average Bonchev–Trinajstić information content (AvgIpc) is 2.58. The van der Waals surface area contributed by atoms with Gasteiger partial charge in [0.15, 0.2) is 0 Å². The molecule has 1 aliphatic heterocycles. The number of rotatable bonds is 8. The van der Waals surface area contributed by atoms with Gasteiger partial charge >= 0.3 is 0 Å². The van der Waals surface area contributed by atoms with E-state index in [9.17, 15) is 4.79 Å². The van der Waals surface area contributed by atoms with Crippen LogP contribution >= 0.6 is 0 Å². The van der Waals surface area contributed by atoms with E-state index in [1.54, 1.807) is 6.08 Å². The zero-order valence-electron chi connectivity index (χ0n) is 17.7. The fraction of sp³-hybridized carbons (Fsp3) is 0.609. The number of nitrogens with zero attached hydrogens (tertiary/aromatic N) is 1. The molecule has 27 heavy (non-hydrogen) atoms. The molecule has 1 heterocycles. The van der Waals surface area contributed by atoms with Gasteiger partial charge in [0.1, 0.15) is 12.4 Å². The summed E-state index contributed by atoms with van der Waals surface area (Å²) in [6, 6.07) is 7.72. The van der Waals surface area contributed by atoms with Crippen molar-refractivity contribution < 1.29 is 9.53 Å². The van der Waals surface area contributed by atoms with Crippen LogP contribution in [0.1, 0.15) is 70.7 Å². The molecule has 1 aromatic rings. The summed E-state index contributed by atoms with van der Waals surface area (Å²) >= 11 is 0. The van der Waals surface area contributed by atoms with Crippen molar-refractivity contribution >= 4 is 5.91 Å². The largest absolute Gasteiger partial charge is 0.490 e. The van der Waals surface area contributed by atoms with Crippen LogP contribution in [0.3, 0.4) is 0 Å². The molecule has 150 valence electrons. The highest BCUT2D eigenvalue weighted by atomic mass is 16.5. The Morgan fingerprint density at radius 2 is 1.81 bits per heavy atom. The third-order valence-electron chi connectivity index (χ3n) is 5.09. The Labute approximate surface area is 165 Å². The minimum Gasteiger partial charge on any atom is -0.490 e. The summed E-state index contributed by atoms with van der Waals surface area (Å²) in [7, 11) is 0. The molecule has 4 heteroatoms. The molecular formula is C23H36N2O2. The van der Waals surface area contributed by atoms with Crippen molar-refractivity contribution in [1.29, 1.82) is 0 Å². The predicted molar refractivity (Wildman–Crippen MR) is 112 cm³/mol. The van der Waals surface area contributed by atoms with Crippen LogP contribution in [0.5, 0.6) is 5.75 Å². The summed E-state index contributed by atoms with van der Waals surface area (Å²) in [4.78, 5) is 15.5. The number of carbonyl (C=O) groups is 1. The average molecular weight is 373 g/mol. The Bertz CT molecular complexity index is 618. The quantitative estimate of drug-likeness (QED) is 0.666. The first-order chi connectivity index (χ1) is 12.7. The molecule has 0 bridgehead atoms. The SMILES string of the molecule is C=CCOc1ccc(C(=O)N(CCCC)C2CC(C)(C)NC(C)(C)C2)cc1. The number of hydrogen-bond donors (Lipinski definition) is 1. The van der Waals surface area contributed by atoms with Crippen LogP contribution in [0, 0.1) is 0 Å². The lowest BCUT2D eigenvalue weighted by Crippen LogP contribution is -2.62. The van der Waals surface area contributed by atoms with Gasteiger partial charge in [-0.15, -0.1) is 0 Å². The second-order valence-electron chi connectivity index (χ2n) is 8.93. The van der Waals surface area contributed by atoms with Crippen LogP contribution in [-0.2, 0) is 0 Å². The normalized spacial score (nSPS) is 18.7. The van der Waals surface area contributed by atoms with E-state index in [0.29, 0.717) is 6.61 Å². The van der Waals surface area contributed by atoms with Crippen molar-refractivity contribution in [3.63, 3.8) is 0 Å². The van der Waals surface area contributed by atoms with Crippen LogP contribution in [0.2, 0.25) is 0 Å². The van der Waals surface area contributed by atoms with Gasteiger partial charge in [0, 0.05) is 29.2 Å². The Balaban J connectivity index is 2.21. The van der Waals surface area contributed by atoms with Crippen molar-refractivity contribution in [2.75, 3.05) is 13.2 Å². The molecule has 0 unspecified atom stereocenters. The fourth-order valence-corrected chi connectivity index (χ4v) is 4.28. The van der Waals surface area contributed by atoms with Gasteiger partial charge in [-0.1, -0.05) is 26.0 Å². The zero-order chi connectivity index (χ0) is 20.1. The van der Waals surface area contributed by atoms with Gasteiger partial charge in [-0.25, -0.2) is 0 Å². The van der Waals surface area contributed by atoms with E-state index in [1.165, 1.54) is 0 Å². The van der Waals surface area contributed by atoms with Gasteiger partial charge < -0.3 is 15.0 Å². The van der Waals surface area contributed by atoms with Crippen molar-refractivity contribution in [2.24, 2.45) is 0 Å². The predicted octanol–water partition coefficient (Wildman–Crippen LogP) is 4.80. The van der Waals surface area contributed by atoms with Crippen molar-refractivity contribution in [1.82, 2.24) is 10.2 Å². The number of carbonyl (C=O) groups excluding carboxylic acids is 1. The molecular weight excluding hydrogens is 336 g/mol. The molecule has 1 fully saturated rings. The van der Waals surface area contributed by atoms with Crippen LogP contribution in [0.15, 0.2) is 36.9 Å². The molecule has 0 aromatic heterocycles. The van der Waals surface area contributed by atoms with Crippen LogP contribution < -0.4 is 10.1 Å². The number of amides is 1. The number of unbranched alkanes of at least 4 members (excludes halogenated alkanes) is 1. The highest BCUT2D eigenvalue weighted by Gasteiger charge is 2.41. The first-order valence-electron chi connectivity index (χ1n) is 10.1. The Morgan fingerprint density at radius 3 is 2.33 bits per heavy atom. The van der Waals surface area contributed by atoms with Crippen molar-refractivity contribution in [3.8, 4) is 5.75 Å². The standard InChI is InChI=1S/C23H36N2O2/c1-7-9-14-25(19-16-22(3,4)24-23(5,6)17-19)21(26)18-10-12-20(13-11-18)27-15-8-2/h8,10-13,19,24H,2,7,9,14-17H2,1,3-6H3. The highest BCUT2D eigenvalue weighted by Crippen LogP contribution is 2.32.